The third-order valence-electron chi connectivity index (χ3n) is 3.60. The van der Waals surface area contributed by atoms with Gasteiger partial charge in [0.15, 0.2) is 0 Å². The number of nitrogens with zero attached hydrogens (tertiary/aromatic N) is 1. The molecule has 5 heteroatoms. The summed E-state index contributed by atoms with van der Waals surface area (Å²) in [6.45, 7) is 2.30. The van der Waals surface area contributed by atoms with Gasteiger partial charge in [0.05, 0.1) is 6.54 Å². The molecule has 1 unspecified atom stereocenters. The van der Waals surface area contributed by atoms with Gasteiger partial charge in [-0.05, 0) is 18.6 Å². The van der Waals surface area contributed by atoms with E-state index in [-0.39, 0.29) is 18.4 Å². The van der Waals surface area contributed by atoms with E-state index in [4.69, 9.17) is 0 Å². The van der Waals surface area contributed by atoms with Crippen LogP contribution in [-0.2, 0) is 16.1 Å². The molecule has 5 nitrogen and oxygen atoms in total. The van der Waals surface area contributed by atoms with Crippen molar-refractivity contribution in [1.29, 1.82) is 0 Å². The van der Waals surface area contributed by atoms with E-state index in [9.17, 15) is 9.59 Å². The van der Waals surface area contributed by atoms with Gasteiger partial charge in [-0.1, -0.05) is 18.2 Å². The molecule has 1 saturated heterocycles. The predicted octanol–water partition coefficient (Wildman–Crippen LogP) is 1.01. The Labute approximate surface area is 110 Å². The molecule has 0 saturated carbocycles. The zero-order valence-corrected chi connectivity index (χ0v) is 10.6. The lowest BCUT2D eigenvalue weighted by atomic mass is 10.1. The second kappa shape index (κ2) is 4.42. The first-order valence-electron chi connectivity index (χ1n) is 6.29. The molecule has 1 aromatic heterocycles. The van der Waals surface area contributed by atoms with E-state index in [1.54, 1.807) is 11.8 Å². The van der Waals surface area contributed by atoms with Gasteiger partial charge in [-0.2, -0.15) is 0 Å². The fraction of sp³-hybridized carbons (Fsp3) is 0.286. The fourth-order valence-electron chi connectivity index (χ4n) is 2.44. The topological polar surface area (TPSA) is 65.2 Å². The highest BCUT2D eigenvalue weighted by Crippen LogP contribution is 2.21. The minimum Gasteiger partial charge on any atom is -0.361 e. The second-order valence-electron chi connectivity index (χ2n) is 4.77. The Bertz CT molecular complexity index is 647. The standard InChI is InChI=1S/C14H15N3O2/c1-9-14(19)16-7-13(18)17(9)8-10-6-15-12-5-3-2-4-11(10)12/h2-6,9,15H,7-8H2,1H3,(H,16,19). The molecule has 1 atom stereocenters. The number of para-hydroxylation sites is 1. The van der Waals surface area contributed by atoms with E-state index in [0.29, 0.717) is 6.54 Å². The van der Waals surface area contributed by atoms with Crippen molar-refractivity contribution in [1.82, 2.24) is 15.2 Å². The van der Waals surface area contributed by atoms with Crippen molar-refractivity contribution in [3.05, 3.63) is 36.0 Å². The van der Waals surface area contributed by atoms with E-state index >= 15 is 0 Å². The molecule has 3 rings (SSSR count). The maximum Gasteiger partial charge on any atom is 0.242 e. The number of hydrogen-bond acceptors (Lipinski definition) is 2. The minimum atomic E-state index is -0.421. The van der Waals surface area contributed by atoms with Gasteiger partial charge in [-0.3, -0.25) is 9.59 Å². The number of carbonyl (C=O) groups is 2. The SMILES string of the molecule is CC1C(=O)NCC(=O)N1Cc1c[nH]c2ccccc12. The summed E-state index contributed by atoms with van der Waals surface area (Å²) in [5.41, 5.74) is 2.07. The lowest BCUT2D eigenvalue weighted by Crippen LogP contribution is -2.56. The molecular formula is C14H15N3O2. The van der Waals surface area contributed by atoms with Crippen molar-refractivity contribution in [2.75, 3.05) is 6.54 Å². The Morgan fingerprint density at radius 1 is 1.32 bits per heavy atom. The van der Waals surface area contributed by atoms with Gasteiger partial charge in [0.1, 0.15) is 6.04 Å². The van der Waals surface area contributed by atoms with Crippen LogP contribution in [0.1, 0.15) is 12.5 Å². The lowest BCUT2D eigenvalue weighted by molar-refractivity contribution is -0.145. The van der Waals surface area contributed by atoms with Crippen LogP contribution in [0.3, 0.4) is 0 Å². The molecule has 0 aliphatic carbocycles. The summed E-state index contributed by atoms with van der Waals surface area (Å²) in [7, 11) is 0. The molecule has 0 bridgehead atoms. The maximum atomic E-state index is 11.9. The van der Waals surface area contributed by atoms with Gasteiger partial charge in [-0.25, -0.2) is 0 Å². The number of amides is 2. The van der Waals surface area contributed by atoms with Crippen molar-refractivity contribution in [3.8, 4) is 0 Å². The lowest BCUT2D eigenvalue weighted by Gasteiger charge is -2.32. The Balaban J connectivity index is 1.91. The number of fused-ring (bicyclic) bond motifs is 1. The third-order valence-corrected chi connectivity index (χ3v) is 3.60. The van der Waals surface area contributed by atoms with E-state index in [2.05, 4.69) is 10.3 Å². The number of hydrogen-bond donors (Lipinski definition) is 2. The molecule has 2 N–H and O–H groups in total. The highest BCUT2D eigenvalue weighted by molar-refractivity contribution is 5.94. The number of aromatic amines is 1. The van der Waals surface area contributed by atoms with Gasteiger partial charge in [0.25, 0.3) is 0 Å². The zero-order chi connectivity index (χ0) is 13.4. The predicted molar refractivity (Wildman–Crippen MR) is 71.3 cm³/mol. The highest BCUT2D eigenvalue weighted by atomic mass is 16.2. The molecule has 2 aromatic rings. The average molecular weight is 257 g/mol. The fourth-order valence-corrected chi connectivity index (χ4v) is 2.44. The number of rotatable bonds is 2. The van der Waals surface area contributed by atoms with Crippen LogP contribution >= 0.6 is 0 Å². The third kappa shape index (κ3) is 1.97. The molecular weight excluding hydrogens is 242 g/mol. The van der Waals surface area contributed by atoms with Crippen molar-refractivity contribution >= 4 is 22.7 Å². The number of nitrogens with one attached hydrogen (secondary N) is 2. The van der Waals surface area contributed by atoms with Crippen molar-refractivity contribution in [2.24, 2.45) is 0 Å². The van der Waals surface area contributed by atoms with Gasteiger partial charge >= 0.3 is 0 Å². The van der Waals surface area contributed by atoms with Gasteiger partial charge in [-0.15, -0.1) is 0 Å². The smallest absolute Gasteiger partial charge is 0.242 e. The quantitative estimate of drug-likeness (QED) is 0.843. The number of H-pyrrole nitrogens is 1. The van der Waals surface area contributed by atoms with Crippen molar-refractivity contribution in [2.45, 2.75) is 19.5 Å². The minimum absolute atomic E-state index is 0.0441. The van der Waals surface area contributed by atoms with Crippen LogP contribution in [0.2, 0.25) is 0 Å². The molecule has 2 heterocycles. The first-order chi connectivity index (χ1) is 9.16. The van der Waals surface area contributed by atoms with Gasteiger partial charge < -0.3 is 15.2 Å². The molecule has 0 spiro atoms. The molecule has 1 aliphatic rings. The van der Waals surface area contributed by atoms with Crippen molar-refractivity contribution in [3.63, 3.8) is 0 Å². The number of carbonyl (C=O) groups excluding carboxylic acids is 2. The van der Waals surface area contributed by atoms with E-state index < -0.39 is 6.04 Å². The largest absolute Gasteiger partial charge is 0.361 e. The van der Waals surface area contributed by atoms with Crippen LogP contribution < -0.4 is 5.32 Å². The summed E-state index contributed by atoms with van der Waals surface area (Å²) >= 11 is 0. The Morgan fingerprint density at radius 3 is 2.95 bits per heavy atom. The first-order valence-corrected chi connectivity index (χ1v) is 6.29. The van der Waals surface area contributed by atoms with Crippen LogP contribution in [-0.4, -0.2) is 34.3 Å². The maximum absolute atomic E-state index is 11.9. The summed E-state index contributed by atoms with van der Waals surface area (Å²) in [6.07, 6.45) is 1.90. The zero-order valence-electron chi connectivity index (χ0n) is 10.6. The van der Waals surface area contributed by atoms with E-state index in [1.165, 1.54) is 0 Å². The first kappa shape index (κ1) is 11.8. The summed E-state index contributed by atoms with van der Waals surface area (Å²) in [5, 5.41) is 3.68. The molecule has 98 valence electrons. The number of benzene rings is 1. The van der Waals surface area contributed by atoms with Gasteiger partial charge in [0, 0.05) is 23.6 Å². The van der Waals surface area contributed by atoms with E-state index in [0.717, 1.165) is 16.5 Å². The van der Waals surface area contributed by atoms with E-state index in [1.807, 2.05) is 30.5 Å². The normalized spacial score (nSPS) is 19.8. The summed E-state index contributed by atoms with van der Waals surface area (Å²) in [5.74, 6) is -0.142. The van der Waals surface area contributed by atoms with Crippen LogP contribution in [0.5, 0.6) is 0 Å². The van der Waals surface area contributed by atoms with Gasteiger partial charge in [0.2, 0.25) is 11.8 Å². The van der Waals surface area contributed by atoms with Crippen LogP contribution in [0.15, 0.2) is 30.5 Å². The Kier molecular flexibility index (Phi) is 2.74. The molecule has 0 radical (unpaired) electrons. The van der Waals surface area contributed by atoms with Crippen molar-refractivity contribution < 1.29 is 9.59 Å². The monoisotopic (exact) mass is 257 g/mol. The Hall–Kier alpha value is -2.30. The van der Waals surface area contributed by atoms with Crippen LogP contribution in [0.25, 0.3) is 10.9 Å². The second-order valence-corrected chi connectivity index (χ2v) is 4.77. The molecule has 1 fully saturated rings. The van der Waals surface area contributed by atoms with Crippen LogP contribution in [0.4, 0.5) is 0 Å². The van der Waals surface area contributed by atoms with Crippen LogP contribution in [0, 0.1) is 0 Å². The summed E-state index contributed by atoms with van der Waals surface area (Å²) in [4.78, 5) is 28.3. The average Bonchev–Trinajstić information content (AvgIpc) is 2.83. The molecule has 2 amide bonds. The number of piperazine rings is 1. The Morgan fingerprint density at radius 2 is 2.11 bits per heavy atom. The summed E-state index contributed by atoms with van der Waals surface area (Å²) < 4.78 is 0. The molecule has 1 aromatic carbocycles. The molecule has 1 aliphatic heterocycles. The highest BCUT2D eigenvalue weighted by Gasteiger charge is 2.31. The summed E-state index contributed by atoms with van der Waals surface area (Å²) in [6, 6.07) is 7.52. The molecule has 19 heavy (non-hydrogen) atoms. The number of aromatic nitrogens is 1.